The minimum Gasteiger partial charge on any atom is -0.341 e. The van der Waals surface area contributed by atoms with Gasteiger partial charge in [-0.05, 0) is 49.7 Å². The molecule has 5 heteroatoms. The minimum atomic E-state index is -0.257. The third-order valence-electron chi connectivity index (χ3n) is 5.52. The SMILES string of the molecule is CC1CCN(C(=O)C2CCCN2C(=O)CCc2ccccc2Cl)CC1. The quantitative estimate of drug-likeness (QED) is 0.822. The summed E-state index contributed by atoms with van der Waals surface area (Å²) in [4.78, 5) is 29.3. The molecule has 136 valence electrons. The fourth-order valence-electron chi connectivity index (χ4n) is 3.85. The number of hydrogen-bond donors (Lipinski definition) is 0. The van der Waals surface area contributed by atoms with Crippen molar-refractivity contribution in [3.05, 3.63) is 34.9 Å². The molecule has 0 bridgehead atoms. The summed E-state index contributed by atoms with van der Waals surface area (Å²) in [5, 5.41) is 0.701. The number of nitrogens with zero attached hydrogens (tertiary/aromatic N) is 2. The monoisotopic (exact) mass is 362 g/mol. The zero-order chi connectivity index (χ0) is 17.8. The Balaban J connectivity index is 1.58. The van der Waals surface area contributed by atoms with E-state index in [0.717, 1.165) is 44.3 Å². The van der Waals surface area contributed by atoms with Gasteiger partial charge in [0.05, 0.1) is 0 Å². The van der Waals surface area contributed by atoms with Crippen molar-refractivity contribution in [2.24, 2.45) is 5.92 Å². The Kier molecular flexibility index (Phi) is 6.00. The van der Waals surface area contributed by atoms with Crippen molar-refractivity contribution in [1.82, 2.24) is 9.80 Å². The van der Waals surface area contributed by atoms with Crippen LogP contribution in [0.4, 0.5) is 0 Å². The van der Waals surface area contributed by atoms with Gasteiger partial charge in [0.2, 0.25) is 11.8 Å². The van der Waals surface area contributed by atoms with Crippen LogP contribution in [0.2, 0.25) is 5.02 Å². The second-order valence-corrected chi connectivity index (χ2v) is 7.75. The normalized spacial score (nSPS) is 21.6. The summed E-state index contributed by atoms with van der Waals surface area (Å²) in [6, 6.07) is 7.37. The summed E-state index contributed by atoms with van der Waals surface area (Å²) in [6.45, 7) is 4.60. The molecular formula is C20H27ClN2O2. The van der Waals surface area contributed by atoms with Crippen LogP contribution < -0.4 is 0 Å². The average Bonchev–Trinajstić information content (AvgIpc) is 3.10. The van der Waals surface area contributed by atoms with E-state index >= 15 is 0 Å². The number of aryl methyl sites for hydroxylation is 1. The van der Waals surface area contributed by atoms with Gasteiger partial charge in [-0.3, -0.25) is 9.59 Å². The molecule has 2 amide bonds. The van der Waals surface area contributed by atoms with Gasteiger partial charge in [-0.15, -0.1) is 0 Å². The molecule has 1 aromatic rings. The number of piperidine rings is 1. The lowest BCUT2D eigenvalue weighted by atomic mass is 9.98. The highest BCUT2D eigenvalue weighted by Gasteiger charge is 2.36. The van der Waals surface area contributed by atoms with Crippen molar-refractivity contribution in [2.75, 3.05) is 19.6 Å². The van der Waals surface area contributed by atoms with Crippen LogP contribution in [0.15, 0.2) is 24.3 Å². The largest absolute Gasteiger partial charge is 0.341 e. The summed E-state index contributed by atoms with van der Waals surface area (Å²) in [7, 11) is 0. The van der Waals surface area contributed by atoms with Gasteiger partial charge in [0.15, 0.2) is 0 Å². The van der Waals surface area contributed by atoms with Crippen LogP contribution in [-0.2, 0) is 16.0 Å². The first-order valence-corrected chi connectivity index (χ1v) is 9.75. The molecule has 0 radical (unpaired) electrons. The molecular weight excluding hydrogens is 336 g/mol. The lowest BCUT2D eigenvalue weighted by molar-refractivity contribution is -0.144. The molecule has 0 saturated carbocycles. The topological polar surface area (TPSA) is 40.6 Å². The lowest BCUT2D eigenvalue weighted by Crippen LogP contribution is -2.49. The first kappa shape index (κ1) is 18.2. The van der Waals surface area contributed by atoms with Gasteiger partial charge in [0.25, 0.3) is 0 Å². The molecule has 0 aliphatic carbocycles. The number of carbonyl (C=O) groups is 2. The smallest absolute Gasteiger partial charge is 0.245 e. The van der Waals surface area contributed by atoms with Crippen LogP contribution in [0.1, 0.15) is 44.6 Å². The number of carbonyl (C=O) groups excluding carboxylic acids is 2. The summed E-state index contributed by atoms with van der Waals surface area (Å²) < 4.78 is 0. The van der Waals surface area contributed by atoms with Crippen LogP contribution >= 0.6 is 11.6 Å². The molecule has 3 rings (SSSR count). The molecule has 4 nitrogen and oxygen atoms in total. The maximum absolute atomic E-state index is 12.9. The fourth-order valence-corrected chi connectivity index (χ4v) is 4.08. The number of likely N-dealkylation sites (tertiary alicyclic amines) is 2. The summed E-state index contributed by atoms with van der Waals surface area (Å²) in [6.07, 6.45) is 4.88. The standard InChI is InChI=1S/C20H27ClN2O2/c1-15-10-13-22(14-11-15)20(25)18-7-4-12-23(18)19(24)9-8-16-5-2-3-6-17(16)21/h2-3,5-6,15,18H,4,7-14H2,1H3. The van der Waals surface area contributed by atoms with E-state index in [1.165, 1.54) is 0 Å². The van der Waals surface area contributed by atoms with Gasteiger partial charge in [0, 0.05) is 31.1 Å². The van der Waals surface area contributed by atoms with Crippen LogP contribution in [-0.4, -0.2) is 47.3 Å². The molecule has 1 atom stereocenters. The second-order valence-electron chi connectivity index (χ2n) is 7.34. The maximum atomic E-state index is 12.9. The van der Waals surface area contributed by atoms with E-state index in [1.807, 2.05) is 29.2 Å². The maximum Gasteiger partial charge on any atom is 0.245 e. The van der Waals surface area contributed by atoms with Crippen molar-refractivity contribution >= 4 is 23.4 Å². The zero-order valence-corrected chi connectivity index (χ0v) is 15.7. The van der Waals surface area contributed by atoms with E-state index < -0.39 is 0 Å². The molecule has 25 heavy (non-hydrogen) atoms. The minimum absolute atomic E-state index is 0.0705. The van der Waals surface area contributed by atoms with Crippen LogP contribution in [0, 0.1) is 5.92 Å². The van der Waals surface area contributed by atoms with Crippen molar-refractivity contribution in [3.63, 3.8) is 0 Å². The molecule has 2 aliphatic heterocycles. The Morgan fingerprint density at radius 2 is 1.84 bits per heavy atom. The summed E-state index contributed by atoms with van der Waals surface area (Å²) in [5.74, 6) is 0.914. The second kappa shape index (κ2) is 8.22. The van der Waals surface area contributed by atoms with E-state index in [1.54, 1.807) is 4.90 Å². The summed E-state index contributed by atoms with van der Waals surface area (Å²) in [5.41, 5.74) is 0.990. The predicted molar refractivity (Wildman–Crippen MR) is 99.5 cm³/mol. The van der Waals surface area contributed by atoms with Gasteiger partial charge in [-0.1, -0.05) is 36.7 Å². The van der Waals surface area contributed by atoms with E-state index in [4.69, 9.17) is 11.6 Å². The number of hydrogen-bond acceptors (Lipinski definition) is 2. The van der Waals surface area contributed by atoms with Gasteiger partial charge in [-0.2, -0.15) is 0 Å². The number of rotatable bonds is 4. The predicted octanol–water partition coefficient (Wildman–Crippen LogP) is 3.52. The van der Waals surface area contributed by atoms with E-state index in [-0.39, 0.29) is 17.9 Å². The molecule has 1 unspecified atom stereocenters. The molecule has 1 aromatic carbocycles. The number of benzene rings is 1. The first-order valence-electron chi connectivity index (χ1n) is 9.38. The number of halogens is 1. The molecule has 2 heterocycles. The fraction of sp³-hybridized carbons (Fsp3) is 0.600. The van der Waals surface area contributed by atoms with Crippen molar-refractivity contribution in [2.45, 2.75) is 51.5 Å². The van der Waals surface area contributed by atoms with E-state index in [0.29, 0.717) is 30.3 Å². The molecule has 2 fully saturated rings. The highest BCUT2D eigenvalue weighted by Crippen LogP contribution is 2.24. The molecule has 0 N–H and O–H groups in total. The first-order chi connectivity index (χ1) is 12.1. The van der Waals surface area contributed by atoms with Crippen molar-refractivity contribution < 1.29 is 9.59 Å². The Hall–Kier alpha value is -1.55. The van der Waals surface area contributed by atoms with Crippen molar-refractivity contribution in [1.29, 1.82) is 0 Å². The third-order valence-corrected chi connectivity index (χ3v) is 5.89. The Labute approximate surface area is 155 Å². The van der Waals surface area contributed by atoms with Crippen LogP contribution in [0.5, 0.6) is 0 Å². The molecule has 2 aliphatic rings. The van der Waals surface area contributed by atoms with Crippen LogP contribution in [0.3, 0.4) is 0 Å². The van der Waals surface area contributed by atoms with Gasteiger partial charge in [-0.25, -0.2) is 0 Å². The number of amides is 2. The Morgan fingerprint density at radius 3 is 2.56 bits per heavy atom. The summed E-state index contributed by atoms with van der Waals surface area (Å²) >= 11 is 6.17. The molecule has 0 aromatic heterocycles. The van der Waals surface area contributed by atoms with Gasteiger partial charge >= 0.3 is 0 Å². The molecule has 2 saturated heterocycles. The van der Waals surface area contributed by atoms with Crippen LogP contribution in [0.25, 0.3) is 0 Å². The zero-order valence-electron chi connectivity index (χ0n) is 14.9. The van der Waals surface area contributed by atoms with Gasteiger partial charge in [0.1, 0.15) is 6.04 Å². The van der Waals surface area contributed by atoms with E-state index in [9.17, 15) is 9.59 Å². The Bertz CT molecular complexity index is 626. The lowest BCUT2D eigenvalue weighted by Gasteiger charge is -2.34. The van der Waals surface area contributed by atoms with Gasteiger partial charge < -0.3 is 9.80 Å². The Morgan fingerprint density at radius 1 is 1.12 bits per heavy atom. The highest BCUT2D eigenvalue weighted by molar-refractivity contribution is 6.31. The highest BCUT2D eigenvalue weighted by atomic mass is 35.5. The average molecular weight is 363 g/mol. The third kappa shape index (κ3) is 4.35. The molecule has 0 spiro atoms. The van der Waals surface area contributed by atoms with E-state index in [2.05, 4.69) is 6.92 Å². The van der Waals surface area contributed by atoms with Crippen molar-refractivity contribution in [3.8, 4) is 0 Å².